The van der Waals surface area contributed by atoms with Crippen LogP contribution in [-0.2, 0) is 9.53 Å². The maximum Gasteiger partial charge on any atom is 0.345 e. The molecule has 4 aromatic rings. The zero-order valence-corrected chi connectivity index (χ0v) is 25.9. The summed E-state index contributed by atoms with van der Waals surface area (Å²) >= 11 is 0. The first kappa shape index (κ1) is 33.1. The van der Waals surface area contributed by atoms with Crippen molar-refractivity contribution >= 4 is 40.8 Å². The average Bonchev–Trinajstić information content (AvgIpc) is 3.10. The van der Waals surface area contributed by atoms with Gasteiger partial charge in [0, 0.05) is 22.9 Å². The minimum Gasteiger partial charge on any atom is -0.494 e. The lowest BCUT2D eigenvalue weighted by atomic mass is 9.81. The first-order chi connectivity index (χ1) is 23.2. The molecule has 0 aromatic heterocycles. The Morgan fingerprint density at radius 1 is 0.667 bits per heavy atom. The summed E-state index contributed by atoms with van der Waals surface area (Å²) in [5, 5.41) is 0. The van der Waals surface area contributed by atoms with Crippen molar-refractivity contribution in [2.24, 2.45) is 0 Å². The number of ether oxygens (including phenoxy) is 4. The van der Waals surface area contributed by atoms with E-state index in [-0.39, 0.29) is 50.7 Å². The quantitative estimate of drug-likeness (QED) is 0.0524. The van der Waals surface area contributed by atoms with Gasteiger partial charge in [-0.25, -0.2) is 14.4 Å². The second kappa shape index (κ2) is 14.9. The number of hydrogen-bond acceptors (Lipinski definition) is 11. The van der Waals surface area contributed by atoms with E-state index in [1.807, 2.05) is 0 Å². The van der Waals surface area contributed by atoms with Gasteiger partial charge in [0.05, 0.1) is 41.2 Å². The van der Waals surface area contributed by atoms with Crippen LogP contribution in [0.15, 0.2) is 91.5 Å². The zero-order valence-electron chi connectivity index (χ0n) is 25.9. The van der Waals surface area contributed by atoms with Crippen LogP contribution in [0.5, 0.6) is 17.2 Å². The van der Waals surface area contributed by atoms with E-state index in [9.17, 15) is 24.0 Å². The molecule has 0 aliphatic heterocycles. The van der Waals surface area contributed by atoms with Gasteiger partial charge in [-0.05, 0) is 80.3 Å². The highest BCUT2D eigenvalue weighted by atomic mass is 16.5. The van der Waals surface area contributed by atoms with Crippen molar-refractivity contribution in [1.29, 1.82) is 0 Å². The summed E-state index contributed by atoms with van der Waals surface area (Å²) in [6.45, 7) is 4.23. The predicted molar refractivity (Wildman–Crippen MR) is 176 cm³/mol. The SMILES string of the molecule is C=CC(=O)OCCCCCCOc1ccc(C(=O)Oc2ccc(OC(=O)c3cc(N)c4c(c3N)C(=O)c3ccccc3C4=O)cc2)cc1. The number of benzene rings is 4. The van der Waals surface area contributed by atoms with Crippen molar-refractivity contribution in [3.05, 3.63) is 125 Å². The predicted octanol–water partition coefficient (Wildman–Crippen LogP) is 5.73. The molecule has 0 unspecified atom stereocenters. The van der Waals surface area contributed by atoms with Gasteiger partial charge in [-0.1, -0.05) is 30.8 Å². The highest BCUT2D eigenvalue weighted by Crippen LogP contribution is 2.36. The number of nitrogen functional groups attached to an aromatic ring is 2. The number of fused-ring (bicyclic) bond motifs is 2. The fourth-order valence-electron chi connectivity index (χ4n) is 5.09. The van der Waals surface area contributed by atoms with E-state index in [0.29, 0.717) is 24.5 Å². The molecule has 11 nitrogen and oxygen atoms in total. The van der Waals surface area contributed by atoms with E-state index in [0.717, 1.165) is 31.8 Å². The van der Waals surface area contributed by atoms with Gasteiger partial charge in [-0.3, -0.25) is 9.59 Å². The van der Waals surface area contributed by atoms with E-state index in [1.54, 1.807) is 36.4 Å². The van der Waals surface area contributed by atoms with Gasteiger partial charge in [-0.2, -0.15) is 0 Å². The molecule has 4 aromatic carbocycles. The summed E-state index contributed by atoms with van der Waals surface area (Å²) in [5.41, 5.74) is 12.4. The molecule has 0 bridgehead atoms. The van der Waals surface area contributed by atoms with Crippen LogP contribution in [0, 0.1) is 0 Å². The van der Waals surface area contributed by atoms with Crippen LogP contribution in [0.4, 0.5) is 11.4 Å². The summed E-state index contributed by atoms with van der Waals surface area (Å²) in [7, 11) is 0. The molecule has 5 rings (SSSR count). The van der Waals surface area contributed by atoms with Crippen LogP contribution < -0.4 is 25.7 Å². The van der Waals surface area contributed by atoms with Crippen molar-refractivity contribution in [2.45, 2.75) is 25.7 Å². The standard InChI is InChI=1S/C37H32N2O9/c1-2-30(40)46-20-8-4-3-7-19-45-23-13-11-22(12-14-23)36(43)47-24-15-17-25(18-16-24)48-37(44)28-21-29(38)31-32(33(28)39)35(42)27-10-6-5-9-26(27)34(31)41/h2,5-6,9-18,21H,1,3-4,7-8,19-20,38-39H2. The Balaban J connectivity index is 1.13. The summed E-state index contributed by atoms with van der Waals surface area (Å²) in [5.74, 6) is -1.94. The van der Waals surface area contributed by atoms with Crippen LogP contribution >= 0.6 is 0 Å². The van der Waals surface area contributed by atoms with Gasteiger partial charge in [0.2, 0.25) is 0 Å². The minimum atomic E-state index is -0.889. The van der Waals surface area contributed by atoms with Gasteiger partial charge >= 0.3 is 17.9 Å². The van der Waals surface area contributed by atoms with Crippen molar-refractivity contribution in [3.8, 4) is 17.2 Å². The van der Waals surface area contributed by atoms with Crippen molar-refractivity contribution in [2.75, 3.05) is 24.7 Å². The van der Waals surface area contributed by atoms with Crippen molar-refractivity contribution < 1.29 is 42.9 Å². The number of rotatable bonds is 13. The first-order valence-corrected chi connectivity index (χ1v) is 15.1. The third kappa shape index (κ3) is 7.42. The maximum atomic E-state index is 13.2. The molecule has 0 amide bonds. The second-order valence-corrected chi connectivity index (χ2v) is 10.8. The van der Waals surface area contributed by atoms with Crippen LogP contribution in [0.2, 0.25) is 0 Å². The minimum absolute atomic E-state index is 0.0463. The molecule has 0 spiro atoms. The lowest BCUT2D eigenvalue weighted by Gasteiger charge is -2.21. The lowest BCUT2D eigenvalue weighted by Crippen LogP contribution is -2.26. The van der Waals surface area contributed by atoms with Crippen LogP contribution in [0.25, 0.3) is 0 Å². The van der Waals surface area contributed by atoms with E-state index < -0.39 is 29.5 Å². The van der Waals surface area contributed by atoms with Crippen LogP contribution in [0.3, 0.4) is 0 Å². The van der Waals surface area contributed by atoms with Gasteiger partial charge < -0.3 is 30.4 Å². The van der Waals surface area contributed by atoms with E-state index in [2.05, 4.69) is 6.58 Å². The molecule has 0 saturated heterocycles. The van der Waals surface area contributed by atoms with E-state index >= 15 is 0 Å². The Bertz CT molecular complexity index is 1900. The average molecular weight is 649 g/mol. The van der Waals surface area contributed by atoms with E-state index in [1.165, 1.54) is 42.5 Å². The summed E-state index contributed by atoms with van der Waals surface area (Å²) in [6, 6.07) is 19.8. The fraction of sp³-hybridized carbons (Fsp3) is 0.162. The van der Waals surface area contributed by atoms with Crippen molar-refractivity contribution in [3.63, 3.8) is 0 Å². The third-order valence-electron chi connectivity index (χ3n) is 7.54. The Kier molecular flexibility index (Phi) is 10.3. The molecule has 0 radical (unpaired) electrons. The molecule has 0 heterocycles. The molecule has 244 valence electrons. The summed E-state index contributed by atoms with van der Waals surface area (Å²) < 4.78 is 21.5. The van der Waals surface area contributed by atoms with Gasteiger partial charge in [-0.15, -0.1) is 0 Å². The number of hydrogen-bond donors (Lipinski definition) is 2. The maximum absolute atomic E-state index is 13.2. The summed E-state index contributed by atoms with van der Waals surface area (Å²) in [4.78, 5) is 63.0. The molecule has 1 aliphatic rings. The number of esters is 3. The molecular formula is C37H32N2O9. The molecule has 1 aliphatic carbocycles. The molecule has 11 heteroatoms. The lowest BCUT2D eigenvalue weighted by molar-refractivity contribution is -0.137. The number of anilines is 2. The first-order valence-electron chi connectivity index (χ1n) is 15.1. The monoisotopic (exact) mass is 648 g/mol. The van der Waals surface area contributed by atoms with Gasteiger partial charge in [0.25, 0.3) is 0 Å². The largest absolute Gasteiger partial charge is 0.494 e. The smallest absolute Gasteiger partial charge is 0.345 e. The van der Waals surface area contributed by atoms with Gasteiger partial charge in [0.15, 0.2) is 11.6 Å². The third-order valence-corrected chi connectivity index (χ3v) is 7.54. The number of unbranched alkanes of at least 4 members (excludes halogenated alkanes) is 3. The molecule has 48 heavy (non-hydrogen) atoms. The number of nitrogens with two attached hydrogens (primary N) is 2. The fourth-order valence-corrected chi connectivity index (χ4v) is 5.09. The molecule has 0 saturated carbocycles. The number of carbonyl (C=O) groups excluding carboxylic acids is 5. The second-order valence-electron chi connectivity index (χ2n) is 10.8. The Morgan fingerprint density at radius 2 is 1.21 bits per heavy atom. The normalized spacial score (nSPS) is 11.6. The highest BCUT2D eigenvalue weighted by molar-refractivity contribution is 6.32. The van der Waals surface area contributed by atoms with Gasteiger partial charge in [0.1, 0.15) is 17.2 Å². The molecule has 4 N–H and O–H groups in total. The van der Waals surface area contributed by atoms with Crippen LogP contribution in [-0.4, -0.2) is 42.7 Å². The Hall–Kier alpha value is -6.23. The number of ketones is 2. The van der Waals surface area contributed by atoms with E-state index in [4.69, 9.17) is 30.4 Å². The number of carbonyl (C=O) groups is 5. The zero-order chi connectivity index (χ0) is 34.2. The summed E-state index contributed by atoms with van der Waals surface area (Å²) in [6.07, 6.45) is 4.56. The Morgan fingerprint density at radius 3 is 1.81 bits per heavy atom. The molecule has 0 atom stereocenters. The molecular weight excluding hydrogens is 616 g/mol. The topological polar surface area (TPSA) is 174 Å². The van der Waals surface area contributed by atoms with Crippen LogP contribution in [0.1, 0.15) is 78.2 Å². The molecule has 0 fully saturated rings. The highest BCUT2D eigenvalue weighted by Gasteiger charge is 2.35. The Labute approximate surface area is 276 Å². The van der Waals surface area contributed by atoms with Crippen molar-refractivity contribution in [1.82, 2.24) is 0 Å².